The lowest BCUT2D eigenvalue weighted by atomic mass is 9.81. The van der Waals surface area contributed by atoms with Crippen LogP contribution in [0.5, 0.6) is 0 Å². The summed E-state index contributed by atoms with van der Waals surface area (Å²) in [4.78, 5) is 37.9. The third-order valence-electron chi connectivity index (χ3n) is 5.38. The number of carbonyl (C=O) groups is 2. The molecule has 0 saturated heterocycles. The molecule has 8 nitrogen and oxygen atoms in total. The van der Waals surface area contributed by atoms with Crippen molar-refractivity contribution < 1.29 is 9.59 Å². The topological polar surface area (TPSA) is 109 Å². The van der Waals surface area contributed by atoms with Gasteiger partial charge in [0.05, 0.1) is 11.2 Å². The summed E-state index contributed by atoms with van der Waals surface area (Å²) in [7, 11) is 0. The van der Waals surface area contributed by atoms with E-state index in [2.05, 4.69) is 25.9 Å². The van der Waals surface area contributed by atoms with E-state index in [-0.39, 0.29) is 17.4 Å². The molecule has 1 spiro atoms. The molecule has 2 aromatic rings. The lowest BCUT2D eigenvalue weighted by Crippen LogP contribution is -2.41. The summed E-state index contributed by atoms with van der Waals surface area (Å²) in [5, 5.41) is 9.84. The largest absolute Gasteiger partial charge is 0.340 e. The van der Waals surface area contributed by atoms with Crippen molar-refractivity contribution in [2.24, 2.45) is 0 Å². The van der Waals surface area contributed by atoms with E-state index in [1.807, 2.05) is 0 Å². The fraction of sp³-hybridized carbons (Fsp3) is 0.471. The monoisotopic (exact) mass is 370 g/mol. The number of aromatic nitrogens is 3. The van der Waals surface area contributed by atoms with Crippen molar-refractivity contribution in [2.45, 2.75) is 50.5 Å². The van der Waals surface area contributed by atoms with Gasteiger partial charge in [0.15, 0.2) is 5.13 Å². The molecule has 2 aliphatic heterocycles. The van der Waals surface area contributed by atoms with Crippen LogP contribution in [0.15, 0.2) is 6.33 Å². The summed E-state index contributed by atoms with van der Waals surface area (Å²) in [5.41, 5.74) is 1.46. The van der Waals surface area contributed by atoms with E-state index >= 15 is 0 Å². The lowest BCUT2D eigenvalue weighted by Gasteiger charge is -2.32. The van der Waals surface area contributed by atoms with E-state index in [1.54, 1.807) is 0 Å². The molecule has 3 N–H and O–H groups in total. The van der Waals surface area contributed by atoms with Crippen LogP contribution >= 0.6 is 11.3 Å². The molecule has 3 aliphatic rings. The highest BCUT2D eigenvalue weighted by atomic mass is 32.1. The molecule has 26 heavy (non-hydrogen) atoms. The first-order valence-electron chi connectivity index (χ1n) is 8.89. The van der Waals surface area contributed by atoms with Crippen molar-refractivity contribution >= 4 is 39.9 Å². The van der Waals surface area contributed by atoms with Gasteiger partial charge in [-0.15, -0.1) is 0 Å². The van der Waals surface area contributed by atoms with Crippen LogP contribution in [0.3, 0.4) is 0 Å². The predicted molar refractivity (Wildman–Crippen MR) is 96.6 cm³/mol. The van der Waals surface area contributed by atoms with Crippen LogP contribution < -0.4 is 16.0 Å². The van der Waals surface area contributed by atoms with Gasteiger partial charge in [-0.05, 0) is 19.3 Å². The smallest absolute Gasteiger partial charge is 0.264 e. The molecule has 0 radical (unpaired) electrons. The average molecular weight is 370 g/mol. The van der Waals surface area contributed by atoms with Crippen LogP contribution in [0, 0.1) is 0 Å². The lowest BCUT2D eigenvalue weighted by molar-refractivity contribution is -0.116. The van der Waals surface area contributed by atoms with Gasteiger partial charge in [-0.3, -0.25) is 9.59 Å². The minimum atomic E-state index is -0.291. The molecule has 1 saturated carbocycles. The highest BCUT2D eigenvalue weighted by Crippen LogP contribution is 2.45. The maximum absolute atomic E-state index is 12.4. The number of nitrogens with one attached hydrogen (secondary N) is 3. The summed E-state index contributed by atoms with van der Waals surface area (Å²) in [6, 6.07) is 0. The number of nitrogens with zero attached hydrogens (tertiary/aromatic N) is 3. The van der Waals surface area contributed by atoms with Crippen molar-refractivity contribution in [3.63, 3.8) is 0 Å². The molecule has 1 aliphatic carbocycles. The first-order chi connectivity index (χ1) is 12.6. The van der Waals surface area contributed by atoms with Gasteiger partial charge < -0.3 is 16.0 Å². The standard InChI is InChI=1S/C17H18N6O2S/c24-10-5-4-9-13(20-10)18-8-19-14(9)22-16-21-12-11(26-16)15(25)23-17(12)6-2-1-3-7-17/h8H,1-7H2,(H,23,25)(H2,18,19,20,21,22,24). The van der Waals surface area contributed by atoms with Crippen molar-refractivity contribution in [2.75, 3.05) is 10.6 Å². The van der Waals surface area contributed by atoms with E-state index in [0.29, 0.717) is 34.5 Å². The molecule has 0 aromatic carbocycles. The Kier molecular flexibility index (Phi) is 3.46. The maximum atomic E-state index is 12.4. The Labute approximate surface area is 153 Å². The molecular weight excluding hydrogens is 352 g/mol. The molecule has 2 aromatic heterocycles. The third kappa shape index (κ3) is 2.38. The van der Waals surface area contributed by atoms with Gasteiger partial charge in [0.2, 0.25) is 5.91 Å². The SMILES string of the molecule is O=C1CCc2c(ncnc2Nc2nc3c(s2)C(=O)NC32CCCCC2)N1. The zero-order valence-corrected chi connectivity index (χ0v) is 14.9. The first kappa shape index (κ1) is 15.7. The van der Waals surface area contributed by atoms with Gasteiger partial charge >= 0.3 is 0 Å². The second kappa shape index (κ2) is 5.73. The number of thiazole rings is 1. The maximum Gasteiger partial charge on any atom is 0.264 e. The molecule has 0 bridgehead atoms. The Morgan fingerprint density at radius 1 is 1.12 bits per heavy atom. The predicted octanol–water partition coefficient (Wildman–Crippen LogP) is 2.46. The molecule has 1 fully saturated rings. The highest BCUT2D eigenvalue weighted by molar-refractivity contribution is 7.17. The van der Waals surface area contributed by atoms with Crippen molar-refractivity contribution in [1.29, 1.82) is 0 Å². The van der Waals surface area contributed by atoms with E-state index in [1.165, 1.54) is 24.1 Å². The fourth-order valence-corrected chi connectivity index (χ4v) is 5.06. The molecule has 134 valence electrons. The Hall–Kier alpha value is -2.55. The summed E-state index contributed by atoms with van der Waals surface area (Å²) in [5.74, 6) is 1.13. The highest BCUT2D eigenvalue weighted by Gasteiger charge is 2.46. The zero-order chi connectivity index (χ0) is 17.7. The van der Waals surface area contributed by atoms with Crippen LogP contribution in [0.2, 0.25) is 0 Å². The number of amides is 2. The number of anilines is 3. The van der Waals surface area contributed by atoms with E-state index in [9.17, 15) is 9.59 Å². The Morgan fingerprint density at radius 3 is 2.81 bits per heavy atom. The number of carbonyl (C=O) groups excluding carboxylic acids is 2. The molecule has 5 rings (SSSR count). The van der Waals surface area contributed by atoms with E-state index in [4.69, 9.17) is 4.98 Å². The minimum absolute atomic E-state index is 0.0237. The zero-order valence-electron chi connectivity index (χ0n) is 14.1. The van der Waals surface area contributed by atoms with Crippen LogP contribution in [0.25, 0.3) is 0 Å². The summed E-state index contributed by atoms with van der Waals surface area (Å²) < 4.78 is 0. The molecule has 2 amide bonds. The summed E-state index contributed by atoms with van der Waals surface area (Å²) in [6.45, 7) is 0. The average Bonchev–Trinajstić information content (AvgIpc) is 3.16. The van der Waals surface area contributed by atoms with Gasteiger partial charge in [-0.25, -0.2) is 15.0 Å². The second-order valence-electron chi connectivity index (χ2n) is 7.02. The van der Waals surface area contributed by atoms with Gasteiger partial charge in [0, 0.05) is 12.0 Å². The number of hydrogen-bond donors (Lipinski definition) is 3. The van der Waals surface area contributed by atoms with Crippen molar-refractivity contribution in [3.8, 4) is 0 Å². The molecule has 0 unspecified atom stereocenters. The first-order valence-corrected chi connectivity index (χ1v) is 9.71. The normalized spacial score (nSPS) is 20.3. The second-order valence-corrected chi connectivity index (χ2v) is 8.02. The molecule has 0 atom stereocenters. The van der Waals surface area contributed by atoms with Gasteiger partial charge in [0.1, 0.15) is 22.8 Å². The van der Waals surface area contributed by atoms with Gasteiger partial charge in [-0.1, -0.05) is 30.6 Å². The number of fused-ring (bicyclic) bond motifs is 3. The van der Waals surface area contributed by atoms with E-state index < -0.39 is 0 Å². The van der Waals surface area contributed by atoms with E-state index in [0.717, 1.165) is 36.9 Å². The van der Waals surface area contributed by atoms with Gasteiger partial charge in [-0.2, -0.15) is 0 Å². The molecule has 4 heterocycles. The third-order valence-corrected chi connectivity index (χ3v) is 6.35. The van der Waals surface area contributed by atoms with Crippen LogP contribution in [0.1, 0.15) is 59.5 Å². The van der Waals surface area contributed by atoms with Crippen LogP contribution in [-0.2, 0) is 16.8 Å². The van der Waals surface area contributed by atoms with Crippen LogP contribution in [0.4, 0.5) is 16.8 Å². The molecule has 9 heteroatoms. The fourth-order valence-electron chi connectivity index (χ4n) is 4.10. The van der Waals surface area contributed by atoms with Crippen LogP contribution in [-0.4, -0.2) is 26.8 Å². The summed E-state index contributed by atoms with van der Waals surface area (Å²) >= 11 is 1.36. The van der Waals surface area contributed by atoms with Gasteiger partial charge in [0.25, 0.3) is 5.91 Å². The Bertz CT molecular complexity index is 918. The Morgan fingerprint density at radius 2 is 1.96 bits per heavy atom. The van der Waals surface area contributed by atoms with Crippen molar-refractivity contribution in [1.82, 2.24) is 20.3 Å². The minimum Gasteiger partial charge on any atom is -0.340 e. The van der Waals surface area contributed by atoms with Crippen molar-refractivity contribution in [3.05, 3.63) is 22.5 Å². The summed E-state index contributed by atoms with van der Waals surface area (Å²) in [6.07, 6.45) is 7.74. The number of hydrogen-bond acceptors (Lipinski definition) is 7. The number of rotatable bonds is 2. The Balaban J connectivity index is 1.48. The quantitative estimate of drug-likeness (QED) is 0.749. The molecular formula is C17H18N6O2S.